The lowest BCUT2D eigenvalue weighted by molar-refractivity contribution is -0.385. The Balaban J connectivity index is 1.51. The zero-order valence-electron chi connectivity index (χ0n) is 22.2. The average Bonchev–Trinajstić information content (AvgIpc) is 3.45. The molecule has 8 nitrogen and oxygen atoms in total. The van der Waals surface area contributed by atoms with Gasteiger partial charge in [0.15, 0.2) is 0 Å². The number of non-ortho nitro benzene ring substituents is 1. The smallest absolute Gasteiger partial charge is 0.416 e. The molecule has 5 aromatic rings. The Morgan fingerprint density at radius 2 is 1.83 bits per heavy atom. The number of rotatable bonds is 8. The van der Waals surface area contributed by atoms with Crippen molar-refractivity contribution in [3.05, 3.63) is 104 Å². The standard InChI is InChI=1S/C29H24F3N5O3S/c1-16(21-10-22(29(30,31)32)15-23(11-21)37(38)39)34-28-24-12-18(6-7-25(24)35-17(2)36-28)19-4-5-20(26(13-19)40-3)14-27-33-8-9-41-27/h4-13,15-16H,14H2,1-3H3,(H,34,35,36). The SMILES string of the molecule is COc1cc(-c2ccc3nc(C)nc(NC(C)c4cc([N+](=O)[O-])cc(C(F)(F)F)c4)c3c2)ccc1Cc1nccs1. The molecule has 1 atom stereocenters. The fourth-order valence-electron chi connectivity index (χ4n) is 4.55. The average molecular weight is 580 g/mol. The number of hydrogen-bond acceptors (Lipinski definition) is 8. The Kier molecular flexibility index (Phi) is 7.59. The maximum Gasteiger partial charge on any atom is 0.416 e. The van der Waals surface area contributed by atoms with Crippen molar-refractivity contribution in [3.8, 4) is 16.9 Å². The second-order valence-corrected chi connectivity index (χ2v) is 10.4. The predicted octanol–water partition coefficient (Wildman–Crippen LogP) is 7.76. The molecule has 0 aliphatic rings. The monoisotopic (exact) mass is 579 g/mol. The molecule has 0 saturated heterocycles. The summed E-state index contributed by atoms with van der Waals surface area (Å²) in [4.78, 5) is 23.9. The minimum atomic E-state index is -4.73. The van der Waals surface area contributed by atoms with Gasteiger partial charge in [-0.2, -0.15) is 13.2 Å². The van der Waals surface area contributed by atoms with E-state index in [2.05, 4.69) is 20.3 Å². The fraction of sp³-hybridized carbons (Fsp3) is 0.207. The minimum absolute atomic E-state index is 0.104. The largest absolute Gasteiger partial charge is 0.496 e. The van der Waals surface area contributed by atoms with Crippen LogP contribution in [0.2, 0.25) is 0 Å². The second kappa shape index (κ2) is 11.1. The normalized spacial score (nSPS) is 12.3. The van der Waals surface area contributed by atoms with E-state index in [0.717, 1.165) is 39.6 Å². The van der Waals surface area contributed by atoms with E-state index in [1.54, 1.807) is 38.5 Å². The molecular weight excluding hydrogens is 555 g/mol. The molecule has 0 bridgehead atoms. The number of aromatic nitrogens is 3. The van der Waals surface area contributed by atoms with Gasteiger partial charge in [-0.15, -0.1) is 11.3 Å². The van der Waals surface area contributed by atoms with Crippen molar-refractivity contribution in [3.63, 3.8) is 0 Å². The molecule has 0 fully saturated rings. The van der Waals surface area contributed by atoms with E-state index in [9.17, 15) is 23.3 Å². The summed E-state index contributed by atoms with van der Waals surface area (Å²) >= 11 is 1.57. The van der Waals surface area contributed by atoms with Crippen molar-refractivity contribution in [2.45, 2.75) is 32.5 Å². The number of methoxy groups -OCH3 is 1. The van der Waals surface area contributed by atoms with Gasteiger partial charge in [0.1, 0.15) is 17.4 Å². The molecule has 0 saturated carbocycles. The van der Waals surface area contributed by atoms with Crippen LogP contribution in [0.15, 0.2) is 66.2 Å². The van der Waals surface area contributed by atoms with Crippen LogP contribution in [0.25, 0.3) is 22.0 Å². The van der Waals surface area contributed by atoms with Crippen LogP contribution in [0, 0.1) is 17.0 Å². The molecule has 12 heteroatoms. The van der Waals surface area contributed by atoms with E-state index in [1.807, 2.05) is 41.8 Å². The molecule has 2 aromatic heterocycles. The summed E-state index contributed by atoms with van der Waals surface area (Å²) in [5.74, 6) is 1.58. The highest BCUT2D eigenvalue weighted by Gasteiger charge is 2.33. The number of fused-ring (bicyclic) bond motifs is 1. The van der Waals surface area contributed by atoms with Crippen LogP contribution in [-0.4, -0.2) is 27.0 Å². The zero-order chi connectivity index (χ0) is 29.3. The molecule has 0 aliphatic heterocycles. The number of nitro benzene ring substituents is 1. The summed E-state index contributed by atoms with van der Waals surface area (Å²) in [6.07, 6.45) is -2.32. The zero-order valence-corrected chi connectivity index (χ0v) is 23.0. The Labute approximate surface area is 237 Å². The summed E-state index contributed by atoms with van der Waals surface area (Å²) in [6.45, 7) is 3.34. The number of halogens is 3. The fourth-order valence-corrected chi connectivity index (χ4v) is 5.19. The van der Waals surface area contributed by atoms with E-state index < -0.39 is 28.4 Å². The van der Waals surface area contributed by atoms with Crippen molar-refractivity contribution in [2.75, 3.05) is 12.4 Å². The topological polar surface area (TPSA) is 103 Å². The molecule has 0 spiro atoms. The molecule has 2 heterocycles. The molecule has 3 aromatic carbocycles. The first-order valence-corrected chi connectivity index (χ1v) is 13.4. The minimum Gasteiger partial charge on any atom is -0.496 e. The van der Waals surface area contributed by atoms with Gasteiger partial charge in [-0.3, -0.25) is 10.1 Å². The number of benzene rings is 3. The van der Waals surface area contributed by atoms with Gasteiger partial charge in [0.2, 0.25) is 0 Å². The molecule has 0 aliphatic carbocycles. The number of nitrogens with zero attached hydrogens (tertiary/aromatic N) is 4. The molecular formula is C29H24F3N5O3S. The summed E-state index contributed by atoms with van der Waals surface area (Å²) in [5, 5.41) is 18.0. The quantitative estimate of drug-likeness (QED) is 0.148. The van der Waals surface area contributed by atoms with Gasteiger partial charge in [0.25, 0.3) is 5.69 Å². The van der Waals surface area contributed by atoms with Gasteiger partial charge < -0.3 is 10.1 Å². The highest BCUT2D eigenvalue weighted by Crippen LogP contribution is 2.36. The van der Waals surface area contributed by atoms with E-state index in [4.69, 9.17) is 4.74 Å². The highest BCUT2D eigenvalue weighted by molar-refractivity contribution is 7.09. The van der Waals surface area contributed by atoms with Crippen LogP contribution in [0.4, 0.5) is 24.7 Å². The van der Waals surface area contributed by atoms with E-state index in [0.29, 0.717) is 35.0 Å². The number of hydrogen-bond donors (Lipinski definition) is 1. The highest BCUT2D eigenvalue weighted by atomic mass is 32.1. The van der Waals surface area contributed by atoms with Crippen molar-refractivity contribution in [2.24, 2.45) is 0 Å². The van der Waals surface area contributed by atoms with Crippen molar-refractivity contribution < 1.29 is 22.8 Å². The maximum absolute atomic E-state index is 13.5. The van der Waals surface area contributed by atoms with Crippen LogP contribution in [0.3, 0.4) is 0 Å². The Hall–Kier alpha value is -4.58. The lowest BCUT2D eigenvalue weighted by Crippen LogP contribution is -2.12. The van der Waals surface area contributed by atoms with Crippen LogP contribution >= 0.6 is 11.3 Å². The molecule has 1 N–H and O–H groups in total. The third-order valence-corrected chi connectivity index (χ3v) is 7.36. The predicted molar refractivity (Wildman–Crippen MR) is 151 cm³/mol. The van der Waals surface area contributed by atoms with Crippen LogP contribution < -0.4 is 10.1 Å². The van der Waals surface area contributed by atoms with E-state index in [-0.39, 0.29) is 5.56 Å². The summed E-state index contributed by atoms with van der Waals surface area (Å²) < 4.78 is 46.1. The van der Waals surface area contributed by atoms with Crippen molar-refractivity contribution >= 4 is 33.7 Å². The first-order valence-electron chi connectivity index (χ1n) is 12.5. The van der Waals surface area contributed by atoms with Gasteiger partial charge in [0.05, 0.1) is 34.2 Å². The number of thiazole rings is 1. The summed E-state index contributed by atoms with van der Waals surface area (Å²) in [6, 6.07) is 13.4. The number of ether oxygens (including phenoxy) is 1. The van der Waals surface area contributed by atoms with Crippen molar-refractivity contribution in [1.82, 2.24) is 15.0 Å². The lowest BCUT2D eigenvalue weighted by atomic mass is 10.00. The van der Waals surface area contributed by atoms with Gasteiger partial charge in [-0.25, -0.2) is 15.0 Å². The van der Waals surface area contributed by atoms with Gasteiger partial charge in [-0.1, -0.05) is 18.2 Å². The number of aryl methyl sites for hydroxylation is 1. The summed E-state index contributed by atoms with van der Waals surface area (Å²) in [5.41, 5.74) is 1.76. The molecule has 5 rings (SSSR count). The Morgan fingerprint density at radius 1 is 1.07 bits per heavy atom. The van der Waals surface area contributed by atoms with E-state index in [1.165, 1.54) is 0 Å². The van der Waals surface area contributed by atoms with Gasteiger partial charge >= 0.3 is 6.18 Å². The van der Waals surface area contributed by atoms with E-state index >= 15 is 0 Å². The Bertz CT molecular complexity index is 1740. The molecule has 210 valence electrons. The third-order valence-electron chi connectivity index (χ3n) is 6.58. The lowest BCUT2D eigenvalue weighted by Gasteiger charge is -2.19. The van der Waals surface area contributed by atoms with Crippen LogP contribution in [0.1, 0.15) is 40.5 Å². The number of anilines is 1. The molecule has 41 heavy (non-hydrogen) atoms. The number of nitrogens with one attached hydrogen (secondary N) is 1. The third kappa shape index (κ3) is 6.12. The molecule has 1 unspecified atom stereocenters. The number of alkyl halides is 3. The maximum atomic E-state index is 13.5. The molecule has 0 amide bonds. The first-order chi connectivity index (χ1) is 19.5. The second-order valence-electron chi connectivity index (χ2n) is 9.41. The summed E-state index contributed by atoms with van der Waals surface area (Å²) in [7, 11) is 1.61. The van der Waals surface area contributed by atoms with Gasteiger partial charge in [-0.05, 0) is 54.8 Å². The Morgan fingerprint density at radius 3 is 2.51 bits per heavy atom. The first kappa shape index (κ1) is 28.0. The number of nitro groups is 1. The van der Waals surface area contributed by atoms with Crippen molar-refractivity contribution in [1.29, 1.82) is 0 Å². The molecule has 0 radical (unpaired) electrons. The van der Waals surface area contributed by atoms with Gasteiger partial charge in [0, 0.05) is 41.1 Å². The van der Waals surface area contributed by atoms with Crippen LogP contribution in [-0.2, 0) is 12.6 Å². The van der Waals surface area contributed by atoms with Crippen LogP contribution in [0.5, 0.6) is 5.75 Å².